The molecule has 0 amide bonds. The predicted molar refractivity (Wildman–Crippen MR) is 487 cm³/mol. The number of halogens is 7. The molecule has 7 aliphatic rings. The van der Waals surface area contributed by atoms with Crippen molar-refractivity contribution in [3.8, 4) is 34.8 Å². The van der Waals surface area contributed by atoms with Crippen LogP contribution in [-0.4, -0.2) is 55.1 Å². The van der Waals surface area contributed by atoms with Gasteiger partial charge in [0.25, 0.3) is 0 Å². The molecule has 0 saturated heterocycles. The molecular formula is C108H135F7O11. The van der Waals surface area contributed by atoms with Crippen molar-refractivity contribution in [3.05, 3.63) is 253 Å². The molecule has 0 heterocycles. The highest BCUT2D eigenvalue weighted by atomic mass is 19.2. The predicted octanol–water partition coefficient (Wildman–Crippen LogP) is 28.5. The second-order valence-electron chi connectivity index (χ2n) is 35.1. The highest BCUT2D eigenvalue weighted by molar-refractivity contribution is 5.84. The van der Waals surface area contributed by atoms with Crippen LogP contribution >= 0.6 is 0 Å². The van der Waals surface area contributed by atoms with Gasteiger partial charge in [0, 0.05) is 41.5 Å². The monoisotopic (exact) mass is 1740 g/mol. The molecule has 7 fully saturated rings. The Morgan fingerprint density at radius 2 is 0.690 bits per heavy atom. The van der Waals surface area contributed by atoms with Crippen molar-refractivity contribution >= 4 is 29.8 Å². The zero-order valence-electron chi connectivity index (χ0n) is 74.6. The van der Waals surface area contributed by atoms with Crippen molar-refractivity contribution < 1.29 is 83.1 Å². The molecule has 0 radical (unpaired) electrons. The van der Waals surface area contributed by atoms with Crippen molar-refractivity contribution in [2.75, 3.05) is 6.86 Å². The maximum absolute atomic E-state index is 13.5. The molecule has 0 spiro atoms. The van der Waals surface area contributed by atoms with E-state index in [9.17, 15) is 54.7 Å². The van der Waals surface area contributed by atoms with Gasteiger partial charge in [-0.3, -0.25) is 0 Å². The van der Waals surface area contributed by atoms with Gasteiger partial charge in [-0.25, -0.2) is 54.7 Å². The van der Waals surface area contributed by atoms with Crippen molar-refractivity contribution in [1.82, 2.24) is 0 Å². The SMILES string of the molecule is C=CC(=O)OC1CCC(C2CCC(c3cc(F)c(F)c(F)c3)CC2)CC1.C=CC(=O)OC1CCC(c2ccc(F)c(F)c2)CC1.C=CC(=O)Oc1ccc(C#Cc2ccc(CCCCC)cc2)cc1.C=CC(=O)Oc1ccc(C2CCC(C3CCC(CCCC)CC3)CC2)cc1.C=CC(=O)Oc1ccc(OCF)cc1.CCCC1CCC(C2CCC(F)CC2)CC1. The molecule has 0 aliphatic heterocycles. The van der Waals surface area contributed by atoms with Gasteiger partial charge in [0.05, 0.1) is 0 Å². The van der Waals surface area contributed by atoms with Crippen LogP contribution in [0.4, 0.5) is 30.7 Å². The van der Waals surface area contributed by atoms with Crippen molar-refractivity contribution in [2.24, 2.45) is 47.3 Å². The molecule has 7 aliphatic carbocycles. The summed E-state index contributed by atoms with van der Waals surface area (Å²) in [4.78, 5) is 55.5. The fourth-order valence-electron chi connectivity index (χ4n) is 19.4. The fourth-order valence-corrected chi connectivity index (χ4v) is 19.4. The number of alkyl halides is 2. The molecule has 18 heteroatoms. The minimum Gasteiger partial charge on any atom is -0.463 e. The lowest BCUT2D eigenvalue weighted by Gasteiger charge is -2.38. The van der Waals surface area contributed by atoms with Gasteiger partial charge in [0.15, 0.2) is 29.1 Å². The third-order valence-electron chi connectivity index (χ3n) is 26.7. The number of rotatable bonds is 27. The summed E-state index contributed by atoms with van der Waals surface area (Å²) in [6, 6.07) is 36.0. The lowest BCUT2D eigenvalue weighted by Crippen LogP contribution is -2.29. The Kier molecular flexibility index (Phi) is 45.0. The first-order chi connectivity index (χ1) is 61.0. The van der Waals surface area contributed by atoms with E-state index in [1.807, 2.05) is 24.3 Å². The third kappa shape index (κ3) is 35.5. The first-order valence-electron chi connectivity index (χ1n) is 46.5. The number of carbonyl (C=O) groups excluding carboxylic acids is 5. The minimum atomic E-state index is -1.39. The molecule has 13 rings (SSSR count). The van der Waals surface area contributed by atoms with E-state index < -0.39 is 66.0 Å². The number of ether oxygens (including phenoxy) is 6. The van der Waals surface area contributed by atoms with E-state index in [4.69, 9.17) is 23.7 Å². The zero-order valence-corrected chi connectivity index (χ0v) is 74.6. The molecular weight excluding hydrogens is 1610 g/mol. The summed E-state index contributed by atoms with van der Waals surface area (Å²) in [5.74, 6) is 8.72. The van der Waals surface area contributed by atoms with Gasteiger partial charge in [-0.15, -0.1) is 0 Å². The normalized spacial score (nSPS) is 23.6. The van der Waals surface area contributed by atoms with Gasteiger partial charge < -0.3 is 28.4 Å². The van der Waals surface area contributed by atoms with E-state index in [2.05, 4.69) is 107 Å². The van der Waals surface area contributed by atoms with Crippen LogP contribution in [0.1, 0.15) is 303 Å². The first-order valence-corrected chi connectivity index (χ1v) is 46.5. The summed E-state index contributed by atoms with van der Waals surface area (Å²) in [6.07, 6.45) is 49.0. The van der Waals surface area contributed by atoms with E-state index in [-0.39, 0.29) is 30.0 Å². The smallest absolute Gasteiger partial charge is 0.335 e. The number of carbonyl (C=O) groups is 5. The standard InChI is InChI=1S/C25H36O2.C22H22O2.C21H25F3O2.C15H16F2O2.C15H27F.C10H9FO3/c1-3-5-6-19-7-9-20(10-8-19)21-11-13-22(14-12-21)23-15-17-24(18-16-23)27-25(26)4-2;1-3-5-6-7-18-8-10-19(11-9-18)12-13-20-14-16-21(17-15-20)24-22(23)4-2;1-2-20(25)26-17-9-7-14(8-10-17)13-3-5-15(6-4-13)16-11-18(22)21(24)19(23)12-16;1-2-15(18)19-12-6-3-10(4-7-12)11-5-8-13(16)14(17)9-11;1-2-3-12-4-6-13(7-5-12)14-8-10-15(16)11-9-14;1-2-10(12)14-9-5-3-8(4-6-9)13-7-11/h4,15-22H,2-3,5-14H2,1H3;4,8-11,14-17H,2-3,5-7H2,1H3;2,11-15,17H,1,3-10H2;2,5,8-10,12H,1,3-4,6-7H2;12-15H,2-11H2,1H3;2-6H,1,7H2. The molecule has 11 nitrogen and oxygen atoms in total. The Hall–Kier alpha value is -9.76. The van der Waals surface area contributed by atoms with E-state index in [1.165, 1.54) is 195 Å². The van der Waals surface area contributed by atoms with Crippen LogP contribution in [0.3, 0.4) is 0 Å². The zero-order chi connectivity index (χ0) is 90.5. The van der Waals surface area contributed by atoms with E-state index in [1.54, 1.807) is 18.2 Å². The van der Waals surface area contributed by atoms with Crippen LogP contribution in [-0.2, 0) is 39.9 Å². The number of benzene rings is 6. The van der Waals surface area contributed by atoms with Crippen molar-refractivity contribution in [1.29, 1.82) is 0 Å². The van der Waals surface area contributed by atoms with Crippen LogP contribution in [0.15, 0.2) is 191 Å². The molecule has 0 bridgehead atoms. The number of unbranched alkanes of at least 4 members (excludes halogenated alkanes) is 3. The minimum absolute atomic E-state index is 0.00162. The summed E-state index contributed by atoms with van der Waals surface area (Å²) >= 11 is 0. The highest BCUT2D eigenvalue weighted by Gasteiger charge is 2.36. The lowest BCUT2D eigenvalue weighted by molar-refractivity contribution is -0.145. The second-order valence-corrected chi connectivity index (χ2v) is 35.1. The summed E-state index contributed by atoms with van der Waals surface area (Å²) in [5, 5.41) is 0. The largest absolute Gasteiger partial charge is 0.463 e. The molecule has 7 saturated carbocycles. The molecule has 0 atom stereocenters. The molecule has 6 aromatic rings. The Labute approximate surface area is 745 Å². The molecule has 6 aromatic carbocycles. The average Bonchev–Trinajstić information content (AvgIpc) is 0.802. The summed E-state index contributed by atoms with van der Waals surface area (Å²) < 4.78 is 121. The maximum atomic E-state index is 13.5. The van der Waals surface area contributed by atoms with E-state index >= 15 is 0 Å². The average molecular weight is 1740 g/mol. The van der Waals surface area contributed by atoms with Crippen LogP contribution in [0.25, 0.3) is 0 Å². The van der Waals surface area contributed by atoms with Crippen LogP contribution in [0.5, 0.6) is 23.0 Å². The Morgan fingerprint density at radius 3 is 1.10 bits per heavy atom. The van der Waals surface area contributed by atoms with Crippen molar-refractivity contribution in [2.45, 2.75) is 294 Å². The first kappa shape index (κ1) is 102. The van der Waals surface area contributed by atoms with E-state index in [0.29, 0.717) is 46.3 Å². The fraction of sp³-hybridized carbons (Fsp3) is 0.509. The molecule has 682 valence electrons. The lowest BCUT2D eigenvalue weighted by atomic mass is 9.68. The van der Waals surface area contributed by atoms with Crippen LogP contribution in [0, 0.1) is 88.3 Å². The van der Waals surface area contributed by atoms with Gasteiger partial charge in [0.1, 0.15) is 41.4 Å². The van der Waals surface area contributed by atoms with Gasteiger partial charge >= 0.3 is 29.8 Å². The highest BCUT2D eigenvalue weighted by Crippen LogP contribution is 2.48. The Bertz CT molecular complexity index is 4340. The third-order valence-corrected chi connectivity index (χ3v) is 26.7. The second kappa shape index (κ2) is 55.8. The van der Waals surface area contributed by atoms with Crippen LogP contribution < -0.4 is 18.9 Å². The van der Waals surface area contributed by atoms with Crippen LogP contribution in [0.2, 0.25) is 0 Å². The summed E-state index contributed by atoms with van der Waals surface area (Å²) in [6.45, 7) is 22.8. The number of aryl methyl sites for hydroxylation is 1. The molecule has 0 N–H and O–H groups in total. The van der Waals surface area contributed by atoms with Gasteiger partial charge in [0.2, 0.25) is 6.86 Å². The molecule has 126 heavy (non-hydrogen) atoms. The van der Waals surface area contributed by atoms with E-state index in [0.717, 1.165) is 185 Å². The number of hydrogen-bond donors (Lipinski definition) is 0. The topological polar surface area (TPSA) is 141 Å². The molecule has 0 aromatic heterocycles. The van der Waals surface area contributed by atoms with Gasteiger partial charge in [-0.2, -0.15) is 0 Å². The van der Waals surface area contributed by atoms with Gasteiger partial charge in [-0.1, -0.05) is 166 Å². The summed E-state index contributed by atoms with van der Waals surface area (Å²) in [7, 11) is 0. The number of hydrogen-bond acceptors (Lipinski definition) is 11. The molecule has 0 unspecified atom stereocenters. The maximum Gasteiger partial charge on any atom is 0.335 e. The summed E-state index contributed by atoms with van der Waals surface area (Å²) in [5.41, 5.74) is 6.02. The Balaban J connectivity index is 0.000000190. The quantitative estimate of drug-likeness (QED) is 0.00925. The number of esters is 5. The van der Waals surface area contributed by atoms with Crippen molar-refractivity contribution in [3.63, 3.8) is 0 Å². The van der Waals surface area contributed by atoms with Gasteiger partial charge in [-0.05, 0) is 351 Å². The Morgan fingerprint density at radius 1 is 0.349 bits per heavy atom.